The number of nitrogens with two attached hydrogens (primary N) is 1. The Hall–Kier alpha value is -1.55. The number of hydrogen-bond donors (Lipinski definition) is 2. The molecule has 3 atom stereocenters. The second-order valence-corrected chi connectivity index (χ2v) is 5.62. The highest BCUT2D eigenvalue weighted by Crippen LogP contribution is 2.26. The minimum Gasteiger partial charge on any atom is -0.491 e. The molecule has 4 heteroatoms. The van der Waals surface area contributed by atoms with Crippen LogP contribution in [0.2, 0.25) is 0 Å². The van der Waals surface area contributed by atoms with Gasteiger partial charge in [0.05, 0.1) is 6.10 Å². The van der Waals surface area contributed by atoms with Gasteiger partial charge in [-0.1, -0.05) is 13.0 Å². The first-order valence-corrected chi connectivity index (χ1v) is 7.41. The topological polar surface area (TPSA) is 64.3 Å². The van der Waals surface area contributed by atoms with Crippen LogP contribution in [-0.2, 0) is 4.79 Å². The monoisotopic (exact) mass is 276 g/mol. The second-order valence-electron chi connectivity index (χ2n) is 5.62. The van der Waals surface area contributed by atoms with E-state index in [0.717, 1.165) is 37.1 Å². The van der Waals surface area contributed by atoms with E-state index in [-0.39, 0.29) is 24.0 Å². The minimum absolute atomic E-state index is 0.0455. The van der Waals surface area contributed by atoms with Crippen molar-refractivity contribution >= 4 is 11.6 Å². The van der Waals surface area contributed by atoms with Gasteiger partial charge in [-0.25, -0.2) is 0 Å². The molecule has 1 aliphatic rings. The van der Waals surface area contributed by atoms with Crippen molar-refractivity contribution < 1.29 is 9.53 Å². The van der Waals surface area contributed by atoms with Crippen LogP contribution in [0.3, 0.4) is 0 Å². The number of carbonyl (C=O) groups excluding carboxylic acids is 1. The van der Waals surface area contributed by atoms with Crippen molar-refractivity contribution in [1.82, 2.24) is 0 Å². The molecule has 1 fully saturated rings. The first-order chi connectivity index (χ1) is 9.58. The Balaban J connectivity index is 1.95. The largest absolute Gasteiger partial charge is 0.491 e. The number of carbonyl (C=O) groups is 1. The SMILES string of the molecule is CCC(C)Oc1cccc(NC(=O)C2CCC(N)C2)c1. The molecule has 20 heavy (non-hydrogen) atoms. The Bertz CT molecular complexity index is 462. The normalized spacial score (nSPS) is 23.4. The molecule has 1 aliphatic carbocycles. The molecule has 0 radical (unpaired) electrons. The van der Waals surface area contributed by atoms with Crippen LogP contribution in [0.15, 0.2) is 24.3 Å². The molecule has 2 rings (SSSR count). The summed E-state index contributed by atoms with van der Waals surface area (Å²) >= 11 is 0. The number of benzene rings is 1. The minimum atomic E-state index is 0.0455. The maximum Gasteiger partial charge on any atom is 0.227 e. The Morgan fingerprint density at radius 3 is 2.95 bits per heavy atom. The molecular formula is C16H24N2O2. The molecule has 3 N–H and O–H groups in total. The maximum atomic E-state index is 12.1. The standard InChI is InChI=1S/C16H24N2O2/c1-3-11(2)20-15-6-4-5-14(10-15)18-16(19)12-7-8-13(17)9-12/h4-6,10-13H,3,7-9,17H2,1-2H3,(H,18,19). The van der Waals surface area contributed by atoms with Crippen LogP contribution >= 0.6 is 0 Å². The molecule has 110 valence electrons. The van der Waals surface area contributed by atoms with Crippen LogP contribution < -0.4 is 15.8 Å². The Morgan fingerprint density at radius 2 is 2.30 bits per heavy atom. The third-order valence-corrected chi connectivity index (χ3v) is 3.86. The van der Waals surface area contributed by atoms with E-state index in [1.807, 2.05) is 31.2 Å². The van der Waals surface area contributed by atoms with Crippen molar-refractivity contribution in [1.29, 1.82) is 0 Å². The summed E-state index contributed by atoms with van der Waals surface area (Å²) in [5.74, 6) is 0.906. The fourth-order valence-corrected chi connectivity index (χ4v) is 2.46. The molecule has 0 heterocycles. The van der Waals surface area contributed by atoms with Crippen LogP contribution in [0.4, 0.5) is 5.69 Å². The Morgan fingerprint density at radius 1 is 1.50 bits per heavy atom. The quantitative estimate of drug-likeness (QED) is 0.869. The van der Waals surface area contributed by atoms with Gasteiger partial charge in [0, 0.05) is 23.7 Å². The smallest absolute Gasteiger partial charge is 0.227 e. The predicted molar refractivity (Wildman–Crippen MR) is 80.8 cm³/mol. The van der Waals surface area contributed by atoms with Gasteiger partial charge >= 0.3 is 0 Å². The number of anilines is 1. The number of rotatable bonds is 5. The Labute approximate surface area is 120 Å². The summed E-state index contributed by atoms with van der Waals surface area (Å²) in [6, 6.07) is 7.74. The summed E-state index contributed by atoms with van der Waals surface area (Å²) < 4.78 is 5.76. The molecule has 0 aromatic heterocycles. The maximum absolute atomic E-state index is 12.1. The van der Waals surface area contributed by atoms with Crippen molar-refractivity contribution in [2.45, 2.75) is 51.7 Å². The van der Waals surface area contributed by atoms with Gasteiger partial charge in [-0.3, -0.25) is 4.79 Å². The number of amides is 1. The fraction of sp³-hybridized carbons (Fsp3) is 0.562. The zero-order chi connectivity index (χ0) is 14.5. The number of nitrogens with one attached hydrogen (secondary N) is 1. The van der Waals surface area contributed by atoms with E-state index in [1.165, 1.54) is 0 Å². The van der Waals surface area contributed by atoms with Crippen LogP contribution in [0.1, 0.15) is 39.5 Å². The summed E-state index contributed by atoms with van der Waals surface area (Å²) in [6.07, 6.45) is 3.74. The summed E-state index contributed by atoms with van der Waals surface area (Å²) in [4.78, 5) is 12.1. The third kappa shape index (κ3) is 3.97. The predicted octanol–water partition coefficient (Wildman–Crippen LogP) is 2.93. The lowest BCUT2D eigenvalue weighted by Gasteiger charge is -2.15. The molecule has 0 bridgehead atoms. The van der Waals surface area contributed by atoms with Gasteiger partial charge in [0.2, 0.25) is 5.91 Å². The lowest BCUT2D eigenvalue weighted by Crippen LogP contribution is -2.23. The van der Waals surface area contributed by atoms with E-state index in [1.54, 1.807) is 0 Å². The lowest BCUT2D eigenvalue weighted by molar-refractivity contribution is -0.119. The number of ether oxygens (including phenoxy) is 1. The second kappa shape index (κ2) is 6.75. The summed E-state index contributed by atoms with van der Waals surface area (Å²) in [5.41, 5.74) is 6.64. The van der Waals surface area contributed by atoms with Crippen molar-refractivity contribution in [2.24, 2.45) is 11.7 Å². The van der Waals surface area contributed by atoms with Crippen LogP contribution in [0.5, 0.6) is 5.75 Å². The molecule has 1 aromatic rings. The molecule has 1 amide bonds. The molecule has 1 aromatic carbocycles. The summed E-state index contributed by atoms with van der Waals surface area (Å²) in [7, 11) is 0. The van der Waals surface area contributed by atoms with E-state index < -0.39 is 0 Å². The molecule has 0 aliphatic heterocycles. The highest BCUT2D eigenvalue weighted by atomic mass is 16.5. The van der Waals surface area contributed by atoms with E-state index in [9.17, 15) is 4.79 Å². The van der Waals surface area contributed by atoms with Crippen LogP contribution in [0.25, 0.3) is 0 Å². The zero-order valence-corrected chi connectivity index (χ0v) is 12.3. The van der Waals surface area contributed by atoms with E-state index in [4.69, 9.17) is 10.5 Å². The van der Waals surface area contributed by atoms with E-state index in [0.29, 0.717) is 0 Å². The lowest BCUT2D eigenvalue weighted by atomic mass is 10.1. The van der Waals surface area contributed by atoms with Crippen molar-refractivity contribution in [3.05, 3.63) is 24.3 Å². The van der Waals surface area contributed by atoms with Crippen molar-refractivity contribution in [3.63, 3.8) is 0 Å². The average Bonchev–Trinajstić information content (AvgIpc) is 2.86. The Kier molecular flexibility index (Phi) is 5.01. The molecule has 1 saturated carbocycles. The summed E-state index contributed by atoms with van der Waals surface area (Å²) in [6.45, 7) is 4.12. The van der Waals surface area contributed by atoms with Crippen molar-refractivity contribution in [3.8, 4) is 5.75 Å². The fourth-order valence-electron chi connectivity index (χ4n) is 2.46. The van der Waals surface area contributed by atoms with Gasteiger partial charge in [-0.15, -0.1) is 0 Å². The van der Waals surface area contributed by atoms with E-state index in [2.05, 4.69) is 12.2 Å². The van der Waals surface area contributed by atoms with Crippen LogP contribution in [0, 0.1) is 5.92 Å². The molecular weight excluding hydrogens is 252 g/mol. The highest BCUT2D eigenvalue weighted by molar-refractivity contribution is 5.92. The first-order valence-electron chi connectivity index (χ1n) is 7.41. The van der Waals surface area contributed by atoms with Gasteiger partial charge < -0.3 is 15.8 Å². The first kappa shape index (κ1) is 14.9. The van der Waals surface area contributed by atoms with Gasteiger partial charge in [0.1, 0.15) is 5.75 Å². The van der Waals surface area contributed by atoms with Gasteiger partial charge in [-0.05, 0) is 44.7 Å². The van der Waals surface area contributed by atoms with E-state index >= 15 is 0 Å². The number of hydrogen-bond acceptors (Lipinski definition) is 3. The van der Waals surface area contributed by atoms with Crippen LogP contribution in [-0.4, -0.2) is 18.1 Å². The van der Waals surface area contributed by atoms with Gasteiger partial charge in [0.25, 0.3) is 0 Å². The summed E-state index contributed by atoms with van der Waals surface area (Å²) in [5, 5.41) is 2.96. The molecule has 3 unspecified atom stereocenters. The van der Waals surface area contributed by atoms with Gasteiger partial charge in [-0.2, -0.15) is 0 Å². The molecule has 4 nitrogen and oxygen atoms in total. The zero-order valence-electron chi connectivity index (χ0n) is 12.3. The molecule has 0 spiro atoms. The van der Waals surface area contributed by atoms with Gasteiger partial charge in [0.15, 0.2) is 0 Å². The van der Waals surface area contributed by atoms with Crippen molar-refractivity contribution in [2.75, 3.05) is 5.32 Å². The third-order valence-electron chi connectivity index (χ3n) is 3.86. The average molecular weight is 276 g/mol. The highest BCUT2D eigenvalue weighted by Gasteiger charge is 2.27. The molecule has 0 saturated heterocycles.